The number of hydrogen-bond donors (Lipinski definition) is 0. The highest BCUT2D eigenvalue weighted by atomic mass is 35.5. The SMILES string of the molecule is O=C(Oc1ccc2oc(-c3ccco3)cc(=O)c2c1)c1ccc(Cl)cc1Cl. The maximum absolute atomic E-state index is 12.4. The lowest BCUT2D eigenvalue weighted by molar-refractivity contribution is 0.0735. The minimum atomic E-state index is -0.660. The number of benzene rings is 2. The van der Waals surface area contributed by atoms with Crippen LogP contribution in [-0.2, 0) is 0 Å². The Balaban J connectivity index is 1.67. The summed E-state index contributed by atoms with van der Waals surface area (Å²) in [4.78, 5) is 24.7. The van der Waals surface area contributed by atoms with E-state index in [1.54, 1.807) is 18.2 Å². The Hall–Kier alpha value is -3.02. The van der Waals surface area contributed by atoms with Gasteiger partial charge in [0.05, 0.1) is 22.2 Å². The van der Waals surface area contributed by atoms with Crippen LogP contribution in [0.4, 0.5) is 0 Å². The largest absolute Gasteiger partial charge is 0.461 e. The average molecular weight is 401 g/mol. The van der Waals surface area contributed by atoms with Crippen LogP contribution in [0.5, 0.6) is 5.75 Å². The number of hydrogen-bond acceptors (Lipinski definition) is 5. The molecule has 0 aliphatic heterocycles. The predicted molar refractivity (Wildman–Crippen MR) is 102 cm³/mol. The van der Waals surface area contributed by atoms with Crippen LogP contribution in [0.1, 0.15) is 10.4 Å². The lowest BCUT2D eigenvalue weighted by Gasteiger charge is -2.07. The smallest absolute Gasteiger partial charge is 0.345 e. The number of rotatable bonds is 3. The zero-order chi connectivity index (χ0) is 19.0. The number of esters is 1. The first kappa shape index (κ1) is 17.4. The molecule has 27 heavy (non-hydrogen) atoms. The fraction of sp³-hybridized carbons (Fsp3) is 0. The molecule has 0 radical (unpaired) electrons. The van der Waals surface area contributed by atoms with E-state index in [4.69, 9.17) is 36.8 Å². The van der Waals surface area contributed by atoms with E-state index in [0.29, 0.717) is 22.1 Å². The quantitative estimate of drug-likeness (QED) is 0.331. The van der Waals surface area contributed by atoms with E-state index in [0.717, 1.165) is 0 Å². The Morgan fingerprint density at radius 3 is 2.56 bits per heavy atom. The zero-order valence-corrected chi connectivity index (χ0v) is 15.1. The molecule has 4 aromatic rings. The summed E-state index contributed by atoms with van der Waals surface area (Å²) in [5.74, 6) is 0.293. The van der Waals surface area contributed by atoms with E-state index in [1.165, 1.54) is 42.7 Å². The molecule has 7 heteroatoms. The third-order valence-electron chi connectivity index (χ3n) is 3.82. The molecule has 0 amide bonds. The Labute approximate surface area is 162 Å². The lowest BCUT2D eigenvalue weighted by atomic mass is 10.2. The summed E-state index contributed by atoms with van der Waals surface area (Å²) in [5, 5.41) is 0.862. The number of furan rings is 1. The highest BCUT2D eigenvalue weighted by Crippen LogP contribution is 2.26. The van der Waals surface area contributed by atoms with Crippen LogP contribution in [0.15, 0.2) is 74.5 Å². The van der Waals surface area contributed by atoms with Gasteiger partial charge < -0.3 is 13.6 Å². The van der Waals surface area contributed by atoms with Gasteiger partial charge in [0.1, 0.15) is 11.3 Å². The fourth-order valence-electron chi connectivity index (χ4n) is 2.56. The second-order valence-corrected chi connectivity index (χ2v) is 6.47. The molecule has 2 heterocycles. The zero-order valence-electron chi connectivity index (χ0n) is 13.6. The number of halogens is 2. The van der Waals surface area contributed by atoms with Crippen LogP contribution < -0.4 is 10.2 Å². The first-order chi connectivity index (χ1) is 13.0. The highest BCUT2D eigenvalue weighted by Gasteiger charge is 2.15. The summed E-state index contributed by atoms with van der Waals surface area (Å²) in [5.41, 5.74) is 0.227. The second kappa shape index (κ2) is 6.95. The molecule has 0 atom stereocenters. The van der Waals surface area contributed by atoms with Gasteiger partial charge in [-0.15, -0.1) is 0 Å². The van der Waals surface area contributed by atoms with Crippen molar-refractivity contribution in [3.05, 3.63) is 86.7 Å². The normalized spacial score (nSPS) is 10.9. The molecule has 0 unspecified atom stereocenters. The van der Waals surface area contributed by atoms with Crippen LogP contribution in [-0.4, -0.2) is 5.97 Å². The molecule has 0 bridgehead atoms. The van der Waals surface area contributed by atoms with E-state index in [2.05, 4.69) is 0 Å². The summed E-state index contributed by atoms with van der Waals surface area (Å²) in [6.07, 6.45) is 1.49. The Morgan fingerprint density at radius 1 is 0.963 bits per heavy atom. The number of carbonyl (C=O) groups is 1. The molecule has 2 aromatic carbocycles. The molecule has 5 nitrogen and oxygen atoms in total. The lowest BCUT2D eigenvalue weighted by Crippen LogP contribution is -2.09. The van der Waals surface area contributed by atoms with Crippen LogP contribution in [0, 0.1) is 0 Å². The van der Waals surface area contributed by atoms with E-state index < -0.39 is 5.97 Å². The minimum Gasteiger partial charge on any atom is -0.461 e. The van der Waals surface area contributed by atoms with Crippen molar-refractivity contribution in [1.82, 2.24) is 0 Å². The topological polar surface area (TPSA) is 69.7 Å². The second-order valence-electron chi connectivity index (χ2n) is 5.62. The van der Waals surface area contributed by atoms with E-state index in [-0.39, 0.29) is 27.2 Å². The molecule has 2 aromatic heterocycles. The predicted octanol–water partition coefficient (Wildman–Crippen LogP) is 5.58. The van der Waals surface area contributed by atoms with E-state index >= 15 is 0 Å². The van der Waals surface area contributed by atoms with Crippen molar-refractivity contribution in [2.45, 2.75) is 0 Å². The standard InChI is InChI=1S/C20H10Cl2O5/c21-11-3-5-13(15(22)8-11)20(24)26-12-4-6-17-14(9-12)16(23)10-19(27-17)18-2-1-7-25-18/h1-10H. The molecule has 134 valence electrons. The Bertz CT molecular complexity index is 1210. The van der Waals surface area contributed by atoms with Crippen molar-refractivity contribution >= 4 is 40.1 Å². The number of carbonyl (C=O) groups excluding carboxylic acids is 1. The van der Waals surface area contributed by atoms with Gasteiger partial charge in [-0.2, -0.15) is 0 Å². The molecule has 0 fully saturated rings. The van der Waals surface area contributed by atoms with Gasteiger partial charge in [-0.3, -0.25) is 4.79 Å². The molecule has 0 saturated heterocycles. The fourth-order valence-corrected chi connectivity index (χ4v) is 3.04. The molecular weight excluding hydrogens is 391 g/mol. The first-order valence-electron chi connectivity index (χ1n) is 7.80. The molecule has 0 spiro atoms. The Kier molecular flexibility index (Phi) is 4.48. The van der Waals surface area contributed by atoms with Gasteiger partial charge in [-0.05, 0) is 48.5 Å². The number of fused-ring (bicyclic) bond motifs is 1. The third kappa shape index (κ3) is 3.47. The highest BCUT2D eigenvalue weighted by molar-refractivity contribution is 6.36. The average Bonchev–Trinajstić information content (AvgIpc) is 3.16. The molecule has 4 rings (SSSR count). The van der Waals surface area contributed by atoms with Gasteiger partial charge in [0.25, 0.3) is 0 Å². The molecule has 0 aliphatic rings. The summed E-state index contributed by atoms with van der Waals surface area (Å²) >= 11 is 11.8. The summed E-state index contributed by atoms with van der Waals surface area (Å²) in [7, 11) is 0. The van der Waals surface area contributed by atoms with E-state index in [9.17, 15) is 9.59 Å². The Morgan fingerprint density at radius 2 is 1.81 bits per heavy atom. The van der Waals surface area contributed by atoms with Crippen molar-refractivity contribution in [1.29, 1.82) is 0 Å². The van der Waals surface area contributed by atoms with Gasteiger partial charge in [0.15, 0.2) is 16.9 Å². The minimum absolute atomic E-state index is 0.168. The van der Waals surface area contributed by atoms with Gasteiger partial charge in [-0.1, -0.05) is 23.2 Å². The maximum Gasteiger partial charge on any atom is 0.345 e. The summed E-state index contributed by atoms with van der Waals surface area (Å²) < 4.78 is 16.3. The molecule has 0 aliphatic carbocycles. The molecular formula is C20H10Cl2O5. The summed E-state index contributed by atoms with van der Waals surface area (Å²) in [6.45, 7) is 0. The van der Waals surface area contributed by atoms with E-state index in [1.807, 2.05) is 0 Å². The van der Waals surface area contributed by atoms with Crippen molar-refractivity contribution in [3.8, 4) is 17.3 Å². The van der Waals surface area contributed by atoms with Crippen molar-refractivity contribution < 1.29 is 18.4 Å². The summed E-state index contributed by atoms with van der Waals surface area (Å²) in [6, 6.07) is 13.7. The van der Waals surface area contributed by atoms with Gasteiger partial charge in [0.2, 0.25) is 0 Å². The monoisotopic (exact) mass is 400 g/mol. The van der Waals surface area contributed by atoms with Crippen LogP contribution in [0.2, 0.25) is 10.0 Å². The third-order valence-corrected chi connectivity index (χ3v) is 4.37. The van der Waals surface area contributed by atoms with Crippen molar-refractivity contribution in [3.63, 3.8) is 0 Å². The molecule has 0 N–H and O–H groups in total. The van der Waals surface area contributed by atoms with Crippen LogP contribution in [0.3, 0.4) is 0 Å². The van der Waals surface area contributed by atoms with Crippen LogP contribution in [0.25, 0.3) is 22.5 Å². The van der Waals surface area contributed by atoms with Gasteiger partial charge in [-0.25, -0.2) is 4.79 Å². The van der Waals surface area contributed by atoms with Crippen LogP contribution >= 0.6 is 23.2 Å². The first-order valence-corrected chi connectivity index (χ1v) is 8.56. The van der Waals surface area contributed by atoms with Crippen molar-refractivity contribution in [2.75, 3.05) is 0 Å². The van der Waals surface area contributed by atoms with Gasteiger partial charge in [0, 0.05) is 11.1 Å². The van der Waals surface area contributed by atoms with Gasteiger partial charge >= 0.3 is 5.97 Å². The maximum atomic E-state index is 12.4. The number of ether oxygens (including phenoxy) is 1. The van der Waals surface area contributed by atoms with Crippen molar-refractivity contribution in [2.24, 2.45) is 0 Å². The molecule has 0 saturated carbocycles.